The van der Waals surface area contributed by atoms with Gasteiger partial charge in [0.1, 0.15) is 0 Å². The quantitative estimate of drug-likeness (QED) is 0.594. The van der Waals surface area contributed by atoms with Crippen molar-refractivity contribution in [1.29, 1.82) is 0 Å². The number of thioether (sulfide) groups is 1. The fraction of sp³-hybridized carbons (Fsp3) is 0.706. The minimum Gasteiger partial charge on any atom is -0.379 e. The molecule has 1 aromatic heterocycles. The van der Waals surface area contributed by atoms with Crippen LogP contribution >= 0.6 is 23.1 Å². The zero-order valence-corrected chi connectivity index (χ0v) is 16.1. The lowest BCUT2D eigenvalue weighted by Crippen LogP contribution is -2.60. The van der Waals surface area contributed by atoms with Crippen LogP contribution in [0.3, 0.4) is 0 Å². The summed E-state index contributed by atoms with van der Waals surface area (Å²) >= 11 is 3.79. The van der Waals surface area contributed by atoms with Crippen molar-refractivity contribution in [3.05, 3.63) is 22.4 Å². The van der Waals surface area contributed by atoms with Crippen LogP contribution in [0.5, 0.6) is 0 Å². The normalized spacial score (nSPS) is 25.8. The fourth-order valence-corrected chi connectivity index (χ4v) is 5.42. The Labute approximate surface area is 153 Å². The number of rotatable bonds is 6. The van der Waals surface area contributed by atoms with E-state index in [0.29, 0.717) is 0 Å². The van der Waals surface area contributed by atoms with Gasteiger partial charge in [0.15, 0.2) is 5.96 Å². The van der Waals surface area contributed by atoms with E-state index in [1.807, 2.05) is 0 Å². The predicted molar refractivity (Wildman–Crippen MR) is 104 cm³/mol. The molecule has 2 saturated heterocycles. The average Bonchev–Trinajstić information content (AvgIpc) is 3.31. The van der Waals surface area contributed by atoms with Crippen molar-refractivity contribution in [3.8, 4) is 0 Å². The molecule has 1 aromatic rings. The molecule has 0 bridgehead atoms. The highest BCUT2D eigenvalue weighted by Gasteiger charge is 2.40. The second kappa shape index (κ2) is 9.08. The first kappa shape index (κ1) is 18.0. The molecule has 0 spiro atoms. The van der Waals surface area contributed by atoms with Gasteiger partial charge in [0.05, 0.1) is 19.8 Å². The van der Waals surface area contributed by atoms with E-state index in [1.54, 1.807) is 11.3 Å². The van der Waals surface area contributed by atoms with E-state index >= 15 is 0 Å². The van der Waals surface area contributed by atoms with Crippen molar-refractivity contribution in [2.24, 2.45) is 4.99 Å². The van der Waals surface area contributed by atoms with Crippen LogP contribution in [0.4, 0.5) is 0 Å². The first-order valence-corrected chi connectivity index (χ1v) is 10.9. The van der Waals surface area contributed by atoms with Crippen molar-refractivity contribution in [1.82, 2.24) is 15.5 Å². The van der Waals surface area contributed by atoms with Gasteiger partial charge >= 0.3 is 0 Å². The minimum absolute atomic E-state index is 0.243. The van der Waals surface area contributed by atoms with Gasteiger partial charge in [-0.1, -0.05) is 0 Å². The predicted octanol–water partition coefficient (Wildman–Crippen LogP) is 2.01. The number of ether oxygens (including phenoxy) is 1. The molecule has 1 atom stereocenters. The van der Waals surface area contributed by atoms with Gasteiger partial charge in [-0.3, -0.25) is 4.90 Å². The third-order valence-corrected chi connectivity index (χ3v) is 6.66. The second-order valence-electron chi connectivity index (χ2n) is 6.31. The molecule has 2 aliphatic heterocycles. The van der Waals surface area contributed by atoms with E-state index in [4.69, 9.17) is 9.73 Å². The van der Waals surface area contributed by atoms with Gasteiger partial charge in [-0.15, -0.1) is 0 Å². The molecular formula is C17H28N4OS2. The molecule has 0 aromatic carbocycles. The largest absolute Gasteiger partial charge is 0.379 e. The standard InChI is InChI=1S/C17H28N4OS2/c1-2-18-16(19-11-15-3-9-23-12-15)20-13-17(4-10-24-14-17)21-5-7-22-8-6-21/h3,9,12H,2,4-8,10-11,13-14H2,1H3,(H2,18,19,20). The lowest BCUT2D eigenvalue weighted by molar-refractivity contribution is -0.0120. The summed E-state index contributed by atoms with van der Waals surface area (Å²) in [5, 5.41) is 11.3. The topological polar surface area (TPSA) is 48.9 Å². The van der Waals surface area contributed by atoms with Crippen molar-refractivity contribution < 1.29 is 4.74 Å². The van der Waals surface area contributed by atoms with Gasteiger partial charge in [-0.25, -0.2) is 4.99 Å². The van der Waals surface area contributed by atoms with Crippen molar-refractivity contribution in [2.75, 3.05) is 50.9 Å². The fourth-order valence-electron chi connectivity index (χ4n) is 3.28. The molecule has 2 N–H and O–H groups in total. The molecule has 3 heterocycles. The lowest BCUT2D eigenvalue weighted by Gasteiger charge is -2.43. The molecule has 7 heteroatoms. The van der Waals surface area contributed by atoms with Gasteiger partial charge in [-0.05, 0) is 41.5 Å². The second-order valence-corrected chi connectivity index (χ2v) is 8.19. The summed E-state index contributed by atoms with van der Waals surface area (Å²) in [7, 11) is 0. The molecule has 3 rings (SSSR count). The maximum atomic E-state index is 5.54. The van der Waals surface area contributed by atoms with Gasteiger partial charge < -0.3 is 15.4 Å². The molecule has 2 aliphatic rings. The molecule has 2 fully saturated rings. The molecule has 0 radical (unpaired) electrons. The summed E-state index contributed by atoms with van der Waals surface area (Å²) < 4.78 is 5.54. The number of hydrogen-bond donors (Lipinski definition) is 2. The van der Waals surface area contributed by atoms with Crippen LogP contribution in [0.15, 0.2) is 21.8 Å². The Balaban J connectivity index is 1.61. The van der Waals surface area contributed by atoms with Crippen LogP contribution in [0.1, 0.15) is 18.9 Å². The van der Waals surface area contributed by atoms with E-state index in [-0.39, 0.29) is 5.54 Å². The number of morpholine rings is 1. The van der Waals surface area contributed by atoms with Gasteiger partial charge in [0.25, 0.3) is 0 Å². The van der Waals surface area contributed by atoms with Crippen LogP contribution in [0.2, 0.25) is 0 Å². The summed E-state index contributed by atoms with van der Waals surface area (Å²) in [6.45, 7) is 8.50. The van der Waals surface area contributed by atoms with Gasteiger partial charge in [0, 0.05) is 37.5 Å². The Morgan fingerprint density at radius 2 is 2.25 bits per heavy atom. The number of thiophene rings is 1. The lowest BCUT2D eigenvalue weighted by atomic mass is 9.95. The van der Waals surface area contributed by atoms with Crippen molar-refractivity contribution in [3.63, 3.8) is 0 Å². The molecule has 5 nitrogen and oxygen atoms in total. The number of nitrogens with zero attached hydrogens (tertiary/aromatic N) is 2. The monoisotopic (exact) mass is 368 g/mol. The highest BCUT2D eigenvalue weighted by atomic mass is 32.2. The smallest absolute Gasteiger partial charge is 0.191 e. The van der Waals surface area contributed by atoms with Gasteiger partial charge in [-0.2, -0.15) is 23.1 Å². The van der Waals surface area contributed by atoms with Crippen LogP contribution in [-0.2, 0) is 11.3 Å². The van der Waals surface area contributed by atoms with Crippen molar-refractivity contribution >= 4 is 29.1 Å². The summed E-state index contributed by atoms with van der Waals surface area (Å²) in [5.41, 5.74) is 1.52. The third-order valence-electron chi connectivity index (χ3n) is 4.69. The van der Waals surface area contributed by atoms with Gasteiger partial charge in [0.2, 0.25) is 0 Å². The molecule has 0 saturated carbocycles. The Bertz CT molecular complexity index is 509. The summed E-state index contributed by atoms with van der Waals surface area (Å²) in [6.07, 6.45) is 1.24. The number of guanidine groups is 1. The van der Waals surface area contributed by atoms with E-state index in [0.717, 1.165) is 51.9 Å². The molecule has 0 aliphatic carbocycles. The Morgan fingerprint density at radius 1 is 1.38 bits per heavy atom. The molecule has 24 heavy (non-hydrogen) atoms. The highest BCUT2D eigenvalue weighted by Crippen LogP contribution is 2.33. The van der Waals surface area contributed by atoms with Crippen molar-refractivity contribution in [2.45, 2.75) is 25.4 Å². The van der Waals surface area contributed by atoms with Crippen LogP contribution in [0, 0.1) is 0 Å². The molecular weight excluding hydrogens is 340 g/mol. The Kier molecular flexibility index (Phi) is 6.83. The zero-order valence-electron chi connectivity index (χ0n) is 14.4. The minimum atomic E-state index is 0.243. The number of aliphatic imine (C=N–C) groups is 1. The average molecular weight is 369 g/mol. The third kappa shape index (κ3) is 4.65. The van der Waals surface area contributed by atoms with E-state index in [2.05, 4.69) is 51.0 Å². The van der Waals surface area contributed by atoms with E-state index in [1.165, 1.54) is 23.5 Å². The number of hydrogen-bond acceptors (Lipinski definition) is 5. The highest BCUT2D eigenvalue weighted by molar-refractivity contribution is 7.99. The Morgan fingerprint density at radius 3 is 2.92 bits per heavy atom. The summed E-state index contributed by atoms with van der Waals surface area (Å²) in [6, 6.07) is 2.14. The van der Waals surface area contributed by atoms with E-state index < -0.39 is 0 Å². The summed E-state index contributed by atoms with van der Waals surface area (Å²) in [5.74, 6) is 3.37. The molecule has 134 valence electrons. The maximum absolute atomic E-state index is 5.54. The number of nitrogens with one attached hydrogen (secondary N) is 2. The SMILES string of the molecule is CCNC(=NCc1ccsc1)NCC1(N2CCOCC2)CCSC1. The zero-order chi connectivity index (χ0) is 16.7. The van der Waals surface area contributed by atoms with Crippen LogP contribution in [-0.4, -0.2) is 67.3 Å². The Hall–Kier alpha value is -0.760. The first-order chi connectivity index (χ1) is 11.8. The van der Waals surface area contributed by atoms with Crippen LogP contribution in [0.25, 0.3) is 0 Å². The molecule has 1 unspecified atom stereocenters. The summed E-state index contributed by atoms with van der Waals surface area (Å²) in [4.78, 5) is 7.38. The van der Waals surface area contributed by atoms with Crippen LogP contribution < -0.4 is 10.6 Å². The maximum Gasteiger partial charge on any atom is 0.191 e. The molecule has 0 amide bonds. The van der Waals surface area contributed by atoms with E-state index in [9.17, 15) is 0 Å². The first-order valence-electron chi connectivity index (χ1n) is 8.76.